The lowest BCUT2D eigenvalue weighted by Crippen LogP contribution is -2.38. The van der Waals surface area contributed by atoms with Gasteiger partial charge in [-0.3, -0.25) is 0 Å². The lowest BCUT2D eigenvalue weighted by molar-refractivity contribution is 0.169. The van der Waals surface area contributed by atoms with Crippen LogP contribution in [0.15, 0.2) is 0 Å². The molecule has 1 aromatic heterocycles. The van der Waals surface area contributed by atoms with Gasteiger partial charge in [-0.1, -0.05) is 0 Å². The van der Waals surface area contributed by atoms with Gasteiger partial charge in [-0.2, -0.15) is 4.80 Å². The van der Waals surface area contributed by atoms with E-state index >= 15 is 0 Å². The summed E-state index contributed by atoms with van der Waals surface area (Å²) in [7, 11) is 1.82. The molecule has 0 aliphatic carbocycles. The van der Waals surface area contributed by atoms with Crippen molar-refractivity contribution in [1.29, 1.82) is 0 Å². The molecule has 1 aromatic rings. The highest BCUT2D eigenvalue weighted by Crippen LogP contribution is 2.25. The molecule has 0 radical (unpaired) electrons. The van der Waals surface area contributed by atoms with E-state index in [4.69, 9.17) is 0 Å². The SMILES string of the molecule is CC(C)N1CCC(c2nnn(C)n2)CC1. The fourth-order valence-electron chi connectivity index (χ4n) is 2.14. The van der Waals surface area contributed by atoms with E-state index in [0.29, 0.717) is 12.0 Å². The smallest absolute Gasteiger partial charge is 0.177 e. The van der Waals surface area contributed by atoms with Crippen molar-refractivity contribution in [3.05, 3.63) is 5.82 Å². The second-order valence-corrected chi connectivity index (χ2v) is 4.54. The summed E-state index contributed by atoms with van der Waals surface area (Å²) >= 11 is 0. The predicted molar refractivity (Wildman–Crippen MR) is 57.5 cm³/mol. The molecule has 2 rings (SSSR count). The van der Waals surface area contributed by atoms with E-state index in [1.807, 2.05) is 7.05 Å². The van der Waals surface area contributed by atoms with Crippen molar-refractivity contribution in [2.45, 2.75) is 38.6 Å². The Hall–Kier alpha value is -0.970. The van der Waals surface area contributed by atoms with E-state index in [9.17, 15) is 0 Å². The van der Waals surface area contributed by atoms with Crippen molar-refractivity contribution in [1.82, 2.24) is 25.1 Å². The molecule has 1 fully saturated rings. The van der Waals surface area contributed by atoms with E-state index < -0.39 is 0 Å². The van der Waals surface area contributed by atoms with Crippen molar-refractivity contribution in [3.8, 4) is 0 Å². The van der Waals surface area contributed by atoms with Gasteiger partial charge in [0.2, 0.25) is 0 Å². The predicted octanol–water partition coefficient (Wildman–Crippen LogP) is 0.798. The molecule has 0 unspecified atom stereocenters. The second-order valence-electron chi connectivity index (χ2n) is 4.54. The van der Waals surface area contributed by atoms with Crippen LogP contribution in [0.3, 0.4) is 0 Å². The van der Waals surface area contributed by atoms with Crippen molar-refractivity contribution in [3.63, 3.8) is 0 Å². The van der Waals surface area contributed by atoms with Crippen LogP contribution < -0.4 is 0 Å². The Morgan fingerprint density at radius 2 is 1.93 bits per heavy atom. The lowest BCUT2D eigenvalue weighted by Gasteiger charge is -2.33. The summed E-state index contributed by atoms with van der Waals surface area (Å²) < 4.78 is 0. The van der Waals surface area contributed by atoms with Crippen LogP contribution >= 0.6 is 0 Å². The largest absolute Gasteiger partial charge is 0.301 e. The molecule has 0 bridgehead atoms. The molecule has 15 heavy (non-hydrogen) atoms. The van der Waals surface area contributed by atoms with Crippen LogP contribution in [0.1, 0.15) is 38.4 Å². The van der Waals surface area contributed by atoms with E-state index in [2.05, 4.69) is 34.2 Å². The minimum atomic E-state index is 0.508. The minimum Gasteiger partial charge on any atom is -0.301 e. The molecule has 0 spiro atoms. The number of hydrogen-bond acceptors (Lipinski definition) is 4. The highest BCUT2D eigenvalue weighted by atomic mass is 15.6. The molecule has 84 valence electrons. The number of aryl methyl sites for hydroxylation is 1. The van der Waals surface area contributed by atoms with Gasteiger partial charge < -0.3 is 4.90 Å². The van der Waals surface area contributed by atoms with Crippen LogP contribution in [0.5, 0.6) is 0 Å². The van der Waals surface area contributed by atoms with Crippen LogP contribution in [0.4, 0.5) is 0 Å². The first-order valence-electron chi connectivity index (χ1n) is 5.64. The van der Waals surface area contributed by atoms with Gasteiger partial charge in [-0.25, -0.2) is 0 Å². The maximum Gasteiger partial charge on any atom is 0.177 e. The van der Waals surface area contributed by atoms with Crippen molar-refractivity contribution < 1.29 is 0 Å². The van der Waals surface area contributed by atoms with Gasteiger partial charge in [0.05, 0.1) is 7.05 Å². The number of tetrazole rings is 1. The molecule has 0 saturated carbocycles. The highest BCUT2D eigenvalue weighted by molar-refractivity contribution is 4.94. The Balaban J connectivity index is 1.93. The standard InChI is InChI=1S/C10H19N5/c1-8(2)15-6-4-9(5-7-15)10-11-13-14(3)12-10/h8-9H,4-7H2,1-3H3. The molecule has 0 atom stereocenters. The van der Waals surface area contributed by atoms with Crippen LogP contribution in [0, 0.1) is 0 Å². The highest BCUT2D eigenvalue weighted by Gasteiger charge is 2.24. The molecule has 0 aromatic carbocycles. The zero-order chi connectivity index (χ0) is 10.8. The van der Waals surface area contributed by atoms with Crippen molar-refractivity contribution >= 4 is 0 Å². The van der Waals surface area contributed by atoms with E-state index in [0.717, 1.165) is 31.8 Å². The summed E-state index contributed by atoms with van der Waals surface area (Å²) in [5.74, 6) is 1.43. The maximum atomic E-state index is 4.28. The molecule has 1 aliphatic rings. The first-order chi connectivity index (χ1) is 7.16. The number of aromatic nitrogens is 4. The molecule has 2 heterocycles. The fraction of sp³-hybridized carbons (Fsp3) is 0.900. The normalized spacial score (nSPS) is 20.0. The Labute approximate surface area is 90.5 Å². The van der Waals surface area contributed by atoms with Crippen molar-refractivity contribution in [2.24, 2.45) is 7.05 Å². The molecule has 5 heteroatoms. The number of nitrogens with zero attached hydrogens (tertiary/aromatic N) is 5. The maximum absolute atomic E-state index is 4.28. The quantitative estimate of drug-likeness (QED) is 0.722. The average molecular weight is 209 g/mol. The average Bonchev–Trinajstić information content (AvgIpc) is 2.65. The third-order valence-electron chi connectivity index (χ3n) is 3.15. The Bertz CT molecular complexity index is 311. The third kappa shape index (κ3) is 2.34. The first-order valence-corrected chi connectivity index (χ1v) is 5.64. The molecule has 0 amide bonds. The van der Waals surface area contributed by atoms with Gasteiger partial charge in [0.25, 0.3) is 0 Å². The summed E-state index contributed by atoms with van der Waals surface area (Å²) in [5, 5.41) is 12.3. The summed E-state index contributed by atoms with van der Waals surface area (Å²) in [4.78, 5) is 4.05. The van der Waals surface area contributed by atoms with Crippen LogP contribution in [0.2, 0.25) is 0 Å². The summed E-state index contributed by atoms with van der Waals surface area (Å²) in [6.45, 7) is 6.81. The number of hydrogen-bond donors (Lipinski definition) is 0. The topological polar surface area (TPSA) is 46.8 Å². The monoisotopic (exact) mass is 209 g/mol. The van der Waals surface area contributed by atoms with E-state index in [1.165, 1.54) is 0 Å². The Morgan fingerprint density at radius 3 is 2.40 bits per heavy atom. The van der Waals surface area contributed by atoms with Crippen molar-refractivity contribution in [2.75, 3.05) is 13.1 Å². The fourth-order valence-corrected chi connectivity index (χ4v) is 2.14. The number of piperidine rings is 1. The van der Waals surface area contributed by atoms with Gasteiger partial charge in [-0.15, -0.1) is 10.2 Å². The van der Waals surface area contributed by atoms with Gasteiger partial charge in [0.1, 0.15) is 0 Å². The summed E-state index contributed by atoms with van der Waals surface area (Å²) in [6, 6.07) is 0.653. The molecule has 5 nitrogen and oxygen atoms in total. The number of rotatable bonds is 2. The Morgan fingerprint density at radius 1 is 1.27 bits per heavy atom. The lowest BCUT2D eigenvalue weighted by atomic mass is 9.95. The number of likely N-dealkylation sites (tertiary alicyclic amines) is 1. The van der Waals surface area contributed by atoms with Gasteiger partial charge in [-0.05, 0) is 45.0 Å². The van der Waals surface area contributed by atoms with E-state index in [1.54, 1.807) is 4.80 Å². The Kier molecular flexibility index (Phi) is 3.00. The molecular formula is C10H19N5. The summed E-state index contributed by atoms with van der Waals surface area (Å²) in [6.07, 6.45) is 2.31. The zero-order valence-electron chi connectivity index (χ0n) is 9.72. The van der Waals surface area contributed by atoms with Gasteiger partial charge in [0, 0.05) is 12.0 Å². The molecule has 0 N–H and O–H groups in total. The second kappa shape index (κ2) is 4.26. The molecule has 1 saturated heterocycles. The van der Waals surface area contributed by atoms with Crippen LogP contribution in [-0.4, -0.2) is 44.2 Å². The molecular weight excluding hydrogens is 190 g/mol. The summed E-state index contributed by atoms with van der Waals surface area (Å²) in [5.41, 5.74) is 0. The minimum absolute atomic E-state index is 0.508. The van der Waals surface area contributed by atoms with Crippen LogP contribution in [-0.2, 0) is 7.05 Å². The zero-order valence-corrected chi connectivity index (χ0v) is 9.72. The third-order valence-corrected chi connectivity index (χ3v) is 3.15. The molecule has 1 aliphatic heterocycles. The first kappa shape index (κ1) is 10.5. The van der Waals surface area contributed by atoms with Gasteiger partial charge in [0.15, 0.2) is 5.82 Å². The van der Waals surface area contributed by atoms with E-state index in [-0.39, 0.29) is 0 Å². The van der Waals surface area contributed by atoms with Crippen LogP contribution in [0.25, 0.3) is 0 Å². The van der Waals surface area contributed by atoms with Gasteiger partial charge >= 0.3 is 0 Å².